The first-order valence-electron chi connectivity index (χ1n) is 11.5. The molecule has 1 aliphatic rings. The van der Waals surface area contributed by atoms with Gasteiger partial charge < -0.3 is 14.1 Å². The molecule has 172 valence electrons. The summed E-state index contributed by atoms with van der Waals surface area (Å²) in [6.07, 6.45) is 14.6. The Bertz CT molecular complexity index is 1210. The van der Waals surface area contributed by atoms with Gasteiger partial charge in [0.25, 0.3) is 5.52 Å². The summed E-state index contributed by atoms with van der Waals surface area (Å²) >= 11 is 7.15. The van der Waals surface area contributed by atoms with E-state index in [0.717, 1.165) is 82.0 Å². The second-order valence-electron chi connectivity index (χ2n) is 8.03. The van der Waals surface area contributed by atoms with Gasteiger partial charge in [0.05, 0.1) is 11.8 Å². The third kappa shape index (κ3) is 5.61. The molecule has 2 aromatic carbocycles. The van der Waals surface area contributed by atoms with Gasteiger partial charge in [-0.25, -0.2) is 0 Å². The molecule has 4 nitrogen and oxygen atoms in total. The van der Waals surface area contributed by atoms with Crippen molar-refractivity contribution in [1.29, 1.82) is 0 Å². The van der Waals surface area contributed by atoms with E-state index in [0.29, 0.717) is 0 Å². The lowest BCUT2D eigenvalue weighted by molar-refractivity contribution is -0.678. The summed E-state index contributed by atoms with van der Waals surface area (Å²) in [5.74, 6) is 2.61. The van der Waals surface area contributed by atoms with Gasteiger partial charge in [-0.1, -0.05) is 76.8 Å². The van der Waals surface area contributed by atoms with Gasteiger partial charge in [0.1, 0.15) is 0 Å². The molecule has 0 saturated heterocycles. The van der Waals surface area contributed by atoms with Crippen LogP contribution in [-0.4, -0.2) is 6.54 Å². The number of aromatic nitrogens is 1. The van der Waals surface area contributed by atoms with Crippen molar-refractivity contribution in [1.82, 2.24) is 0 Å². The first-order valence-corrected chi connectivity index (χ1v) is 13.1. The number of nitrogens with zero attached hydrogens (tertiary/aromatic N) is 2. The lowest BCUT2D eigenvalue weighted by atomic mass is 10.2. The van der Waals surface area contributed by atoms with Gasteiger partial charge in [0.2, 0.25) is 11.5 Å². The zero-order chi connectivity index (χ0) is 23.2. The number of allylic oxidation sites excluding steroid dienone is 4. The van der Waals surface area contributed by atoms with E-state index in [1.54, 1.807) is 0 Å². The summed E-state index contributed by atoms with van der Waals surface area (Å²) in [5, 5.41) is 0. The maximum atomic E-state index is 6.11. The number of benzene rings is 2. The molecule has 0 spiro atoms. The van der Waals surface area contributed by atoms with E-state index in [-0.39, 0.29) is 0 Å². The van der Waals surface area contributed by atoms with E-state index in [9.17, 15) is 0 Å². The molecule has 0 atom stereocenters. The van der Waals surface area contributed by atoms with Gasteiger partial charge in [-0.2, -0.15) is 4.57 Å². The molecule has 0 N–H and O–H groups in total. The molecule has 2 heterocycles. The molecule has 6 heteroatoms. The normalized spacial score (nSPS) is 14.8. The number of anilines is 1. The maximum absolute atomic E-state index is 6.11. The third-order valence-electron chi connectivity index (χ3n) is 5.56. The van der Waals surface area contributed by atoms with E-state index in [1.807, 2.05) is 54.6 Å². The van der Waals surface area contributed by atoms with Crippen molar-refractivity contribution in [3.8, 4) is 5.75 Å². The van der Waals surface area contributed by atoms with Crippen molar-refractivity contribution in [2.75, 3.05) is 11.4 Å². The van der Waals surface area contributed by atoms with Crippen molar-refractivity contribution in [3.63, 3.8) is 0 Å². The largest absolute Gasteiger partial charge is 0.439 e. The van der Waals surface area contributed by atoms with Crippen LogP contribution in [0.4, 0.5) is 5.69 Å². The highest BCUT2D eigenvalue weighted by Gasteiger charge is 2.25. The van der Waals surface area contributed by atoms with Crippen molar-refractivity contribution in [2.24, 2.45) is 0 Å². The molecule has 0 radical (unpaired) electrons. The van der Waals surface area contributed by atoms with Crippen LogP contribution in [0.2, 0.25) is 0 Å². The van der Waals surface area contributed by atoms with Gasteiger partial charge in [-0.3, -0.25) is 0 Å². The van der Waals surface area contributed by atoms with Crippen LogP contribution in [0.5, 0.6) is 5.75 Å². The zero-order valence-electron chi connectivity index (χ0n) is 19.1. The molecule has 0 fully saturated rings. The summed E-state index contributed by atoms with van der Waals surface area (Å²) < 4.78 is 16.6. The standard InChI is InChI=1S/C27H29Br2N2O2/c1-3-5-16-30-22-18-20(28)12-14-24(22)32-26(30)10-8-7-9-11-27-31(17-6-4-2)23-19-21(29)13-15-25(23)33-27/h7-15,18-19H,3-6,16-17H2,1-2H3/q+1. The predicted octanol–water partition coefficient (Wildman–Crippen LogP) is 8.16. The van der Waals surface area contributed by atoms with Crippen LogP contribution >= 0.6 is 31.9 Å². The Balaban J connectivity index is 1.53. The quantitative estimate of drug-likeness (QED) is 0.191. The molecular formula is C27H29Br2N2O2+. The molecule has 3 aromatic rings. The molecule has 4 rings (SSSR count). The molecule has 33 heavy (non-hydrogen) atoms. The lowest BCUT2D eigenvalue weighted by Crippen LogP contribution is -2.35. The number of oxazole rings is 1. The highest BCUT2D eigenvalue weighted by Crippen LogP contribution is 2.40. The number of hydrogen-bond acceptors (Lipinski definition) is 3. The topological polar surface area (TPSA) is 29.5 Å². The molecule has 0 bridgehead atoms. The fourth-order valence-corrected chi connectivity index (χ4v) is 4.53. The van der Waals surface area contributed by atoms with Crippen molar-refractivity contribution < 1.29 is 13.7 Å². The molecule has 0 saturated carbocycles. The molecule has 1 aliphatic heterocycles. The summed E-state index contributed by atoms with van der Waals surface area (Å²) in [4.78, 5) is 2.24. The smallest absolute Gasteiger partial charge is 0.374 e. The average molecular weight is 573 g/mol. The number of fused-ring (bicyclic) bond motifs is 2. The van der Waals surface area contributed by atoms with Crippen LogP contribution in [0, 0.1) is 0 Å². The summed E-state index contributed by atoms with van der Waals surface area (Å²) in [6.45, 7) is 6.27. The van der Waals surface area contributed by atoms with Crippen LogP contribution in [0.3, 0.4) is 0 Å². The van der Waals surface area contributed by atoms with Crippen LogP contribution in [0.25, 0.3) is 17.2 Å². The maximum Gasteiger partial charge on any atom is 0.374 e. The summed E-state index contributed by atoms with van der Waals surface area (Å²) in [6, 6.07) is 12.3. The minimum atomic E-state index is 0.854. The summed E-state index contributed by atoms with van der Waals surface area (Å²) in [7, 11) is 0. The monoisotopic (exact) mass is 571 g/mol. The van der Waals surface area contributed by atoms with Gasteiger partial charge in [-0.15, -0.1) is 0 Å². The van der Waals surface area contributed by atoms with Crippen molar-refractivity contribution >= 4 is 54.7 Å². The highest BCUT2D eigenvalue weighted by molar-refractivity contribution is 9.10. The van der Waals surface area contributed by atoms with Crippen LogP contribution < -0.4 is 14.2 Å². The zero-order valence-corrected chi connectivity index (χ0v) is 22.2. The second-order valence-corrected chi connectivity index (χ2v) is 9.86. The molecule has 1 aromatic heterocycles. The van der Waals surface area contributed by atoms with Gasteiger partial charge >= 0.3 is 5.89 Å². The van der Waals surface area contributed by atoms with Crippen molar-refractivity contribution in [2.45, 2.75) is 46.1 Å². The molecule has 0 amide bonds. The Hall–Kier alpha value is -2.31. The summed E-state index contributed by atoms with van der Waals surface area (Å²) in [5.41, 5.74) is 3.12. The predicted molar refractivity (Wildman–Crippen MR) is 142 cm³/mol. The van der Waals surface area contributed by atoms with E-state index in [2.05, 4.69) is 67.3 Å². The first kappa shape index (κ1) is 23.8. The lowest BCUT2D eigenvalue weighted by Gasteiger charge is -2.17. The fourth-order valence-electron chi connectivity index (χ4n) is 3.83. The van der Waals surface area contributed by atoms with E-state index in [4.69, 9.17) is 9.15 Å². The van der Waals surface area contributed by atoms with Crippen LogP contribution in [0.1, 0.15) is 45.4 Å². The minimum Gasteiger partial charge on any atom is -0.439 e. The number of halogens is 2. The fraction of sp³-hybridized carbons (Fsp3) is 0.296. The Morgan fingerprint density at radius 2 is 1.73 bits per heavy atom. The Morgan fingerprint density at radius 3 is 2.55 bits per heavy atom. The average Bonchev–Trinajstić information content (AvgIpc) is 3.32. The second kappa shape index (κ2) is 11.2. The van der Waals surface area contributed by atoms with Gasteiger partial charge in [0.15, 0.2) is 12.3 Å². The van der Waals surface area contributed by atoms with Gasteiger partial charge in [0, 0.05) is 28.0 Å². The Labute approximate surface area is 212 Å². The first-order chi connectivity index (χ1) is 16.1. The third-order valence-corrected chi connectivity index (χ3v) is 6.54. The van der Waals surface area contributed by atoms with E-state index >= 15 is 0 Å². The van der Waals surface area contributed by atoms with Crippen LogP contribution in [-0.2, 0) is 6.54 Å². The SMILES string of the molecule is CCCCN1C(=CC=CC=Cc2oc3ccc(Br)cc3[n+]2CCCC)Oc2ccc(Br)cc21. The molecular weight excluding hydrogens is 544 g/mol. The van der Waals surface area contributed by atoms with E-state index < -0.39 is 0 Å². The Kier molecular flexibility index (Phi) is 8.10. The Morgan fingerprint density at radius 1 is 0.939 bits per heavy atom. The van der Waals surface area contributed by atoms with E-state index in [1.165, 1.54) is 0 Å². The van der Waals surface area contributed by atoms with Crippen molar-refractivity contribution in [3.05, 3.63) is 81.4 Å². The molecule has 0 unspecified atom stereocenters. The van der Waals surface area contributed by atoms with Crippen LogP contribution in [0.15, 0.2) is 79.9 Å². The van der Waals surface area contributed by atoms with Gasteiger partial charge in [-0.05, 0) is 42.8 Å². The number of rotatable bonds is 9. The minimum absolute atomic E-state index is 0.854. The number of ether oxygens (including phenoxy) is 1. The molecule has 0 aliphatic carbocycles. The number of aryl methyl sites for hydroxylation is 1. The highest BCUT2D eigenvalue weighted by atomic mass is 79.9. The number of unbranched alkanes of at least 4 members (excludes halogenated alkanes) is 2. The number of hydrogen-bond donors (Lipinski definition) is 0.